The number of aliphatic hydroxyl groups excluding tert-OH is 2. The Hall–Kier alpha value is -3.44. The van der Waals surface area contributed by atoms with Gasteiger partial charge >= 0.3 is 11.9 Å². The molecule has 1 aromatic carbocycles. The maximum Gasteiger partial charge on any atom is 0.331 e. The number of fused-ring (bicyclic) bond motifs is 2. The summed E-state index contributed by atoms with van der Waals surface area (Å²) in [6, 6.07) is 2.68. The molecule has 11 nitrogen and oxygen atoms in total. The summed E-state index contributed by atoms with van der Waals surface area (Å²) < 4.78 is 21.7. The molecular formula is C30H37NO10. The minimum atomic E-state index is -0.807. The van der Waals surface area contributed by atoms with Crippen molar-refractivity contribution < 1.29 is 43.7 Å². The standard InChI is InChI=1S/C30H37NO10/c1-17-4-6-25-29(2,10-8-26(33)30(25,3)15-32)20(17)13-22(19-9-11-38-28(19)35)41-27(34)7-5-18-12-23-24(40-16-39-23)14-21(18)31(36)37/h5,7,12,14,19-20,22,25-26,32-33H,1,4,6,8-11,13,15-16H2,2-3H3/b7-5+/t19?,20-,22?,25+,26-,29+,30+/m1/s1. The zero-order valence-electron chi connectivity index (χ0n) is 23.4. The molecule has 0 bridgehead atoms. The van der Waals surface area contributed by atoms with Gasteiger partial charge in [-0.1, -0.05) is 26.0 Å². The highest BCUT2D eigenvalue weighted by molar-refractivity contribution is 5.88. The average Bonchev–Trinajstić information content (AvgIpc) is 3.58. The van der Waals surface area contributed by atoms with E-state index in [1.807, 2.05) is 6.92 Å². The van der Waals surface area contributed by atoms with Crippen LogP contribution in [0.2, 0.25) is 0 Å². The van der Waals surface area contributed by atoms with Crippen molar-refractivity contribution in [1.82, 2.24) is 0 Å². The third kappa shape index (κ3) is 5.21. The van der Waals surface area contributed by atoms with Crippen molar-refractivity contribution in [2.24, 2.45) is 28.6 Å². The zero-order chi connectivity index (χ0) is 29.5. The Bertz CT molecular complexity index is 1280. The van der Waals surface area contributed by atoms with Gasteiger partial charge in [0.15, 0.2) is 11.5 Å². The number of nitrogens with zero attached hydrogens (tertiary/aromatic N) is 1. The van der Waals surface area contributed by atoms with E-state index in [1.54, 1.807) is 0 Å². The second-order valence-corrected chi connectivity index (χ2v) is 12.2. The normalized spacial score (nSPS) is 33.4. The lowest BCUT2D eigenvalue weighted by Gasteiger charge is -2.60. The van der Waals surface area contributed by atoms with E-state index < -0.39 is 40.4 Å². The van der Waals surface area contributed by atoms with Crippen LogP contribution in [0.5, 0.6) is 11.5 Å². The molecule has 2 heterocycles. The first-order valence-electron chi connectivity index (χ1n) is 14.1. The highest BCUT2D eigenvalue weighted by Gasteiger charge is 2.58. The maximum atomic E-state index is 13.1. The van der Waals surface area contributed by atoms with Crippen LogP contribution in [0.3, 0.4) is 0 Å². The first-order valence-corrected chi connectivity index (χ1v) is 14.1. The molecule has 2 aliphatic carbocycles. The molecule has 3 fully saturated rings. The molecule has 2 saturated carbocycles. The highest BCUT2D eigenvalue weighted by Crippen LogP contribution is 2.62. The van der Waals surface area contributed by atoms with Crippen molar-refractivity contribution in [3.63, 3.8) is 0 Å². The second kappa shape index (κ2) is 11.1. The first kappa shape index (κ1) is 29.1. The number of ether oxygens (including phenoxy) is 4. The van der Waals surface area contributed by atoms with Crippen LogP contribution in [-0.2, 0) is 19.1 Å². The van der Waals surface area contributed by atoms with E-state index in [4.69, 9.17) is 18.9 Å². The fourth-order valence-electron chi connectivity index (χ4n) is 7.60. The average molecular weight is 572 g/mol. The van der Waals surface area contributed by atoms with Crippen molar-refractivity contribution in [2.75, 3.05) is 20.0 Å². The van der Waals surface area contributed by atoms with Crippen molar-refractivity contribution >= 4 is 23.7 Å². The second-order valence-electron chi connectivity index (χ2n) is 12.2. The van der Waals surface area contributed by atoms with Gasteiger partial charge in [0.2, 0.25) is 6.79 Å². The number of nitro benzene ring substituents is 1. The highest BCUT2D eigenvalue weighted by atomic mass is 16.7. The van der Waals surface area contributed by atoms with E-state index >= 15 is 0 Å². The number of rotatable bonds is 8. The van der Waals surface area contributed by atoms with Gasteiger partial charge < -0.3 is 29.2 Å². The van der Waals surface area contributed by atoms with Gasteiger partial charge in [0.25, 0.3) is 5.69 Å². The quantitative estimate of drug-likeness (QED) is 0.154. The van der Waals surface area contributed by atoms with Gasteiger partial charge in [-0.15, -0.1) is 0 Å². The monoisotopic (exact) mass is 571 g/mol. The molecule has 2 N–H and O–H groups in total. The van der Waals surface area contributed by atoms with E-state index in [-0.39, 0.29) is 54.3 Å². The number of benzene rings is 1. The van der Waals surface area contributed by atoms with Crippen LogP contribution >= 0.6 is 0 Å². The van der Waals surface area contributed by atoms with Crippen LogP contribution in [-0.4, -0.2) is 59.3 Å². The molecule has 5 rings (SSSR count). The lowest BCUT2D eigenvalue weighted by molar-refractivity contribution is -0.385. The number of carbonyl (C=O) groups is 2. The smallest absolute Gasteiger partial charge is 0.331 e. The number of esters is 2. The van der Waals surface area contributed by atoms with Crippen LogP contribution in [0, 0.1) is 38.7 Å². The number of carbonyl (C=O) groups excluding carboxylic acids is 2. The summed E-state index contributed by atoms with van der Waals surface area (Å²) in [7, 11) is 0. The van der Waals surface area contributed by atoms with Gasteiger partial charge in [-0.2, -0.15) is 0 Å². The Morgan fingerprint density at radius 3 is 2.63 bits per heavy atom. The molecule has 0 amide bonds. The molecule has 11 heteroatoms. The molecule has 0 aromatic heterocycles. The molecule has 1 aromatic rings. The van der Waals surface area contributed by atoms with Crippen LogP contribution in [0.4, 0.5) is 5.69 Å². The molecular weight excluding hydrogens is 534 g/mol. The van der Waals surface area contributed by atoms with Crippen molar-refractivity contribution in [3.05, 3.63) is 46.0 Å². The fraction of sp³-hybridized carbons (Fsp3) is 0.600. The van der Waals surface area contributed by atoms with Crippen molar-refractivity contribution in [3.8, 4) is 11.5 Å². The number of hydrogen-bond acceptors (Lipinski definition) is 10. The largest absolute Gasteiger partial charge is 0.465 e. The lowest BCUT2D eigenvalue weighted by Crippen LogP contribution is -2.58. The van der Waals surface area contributed by atoms with E-state index in [9.17, 15) is 29.9 Å². The SMILES string of the molecule is C=C1CC[C@@H]2[C@](C)(CO)[C@H](O)CC[C@@]2(C)[C@@H]1CC(OC(=O)/C=C/c1cc2c(cc1[N+](=O)[O-])OCO2)C1CCOC1=O. The predicted molar refractivity (Wildman–Crippen MR) is 146 cm³/mol. The van der Waals surface area contributed by atoms with Gasteiger partial charge in [0.05, 0.1) is 41.8 Å². The Labute approximate surface area is 238 Å². The molecule has 2 aliphatic heterocycles. The van der Waals surface area contributed by atoms with Crippen LogP contribution in [0.25, 0.3) is 6.08 Å². The van der Waals surface area contributed by atoms with Crippen LogP contribution in [0.15, 0.2) is 30.4 Å². The summed E-state index contributed by atoms with van der Waals surface area (Å²) in [5.41, 5.74) is -0.111. The minimum absolute atomic E-state index is 0.0117. The molecule has 7 atom stereocenters. The molecule has 41 heavy (non-hydrogen) atoms. The number of aliphatic hydroxyl groups is 2. The number of hydrogen-bond donors (Lipinski definition) is 2. The third-order valence-corrected chi connectivity index (χ3v) is 9.97. The zero-order valence-corrected chi connectivity index (χ0v) is 23.4. The van der Waals surface area contributed by atoms with Crippen LogP contribution < -0.4 is 9.47 Å². The number of cyclic esters (lactones) is 1. The van der Waals surface area contributed by atoms with Crippen molar-refractivity contribution in [1.29, 1.82) is 0 Å². The Kier molecular flexibility index (Phi) is 7.86. The molecule has 0 spiro atoms. The molecule has 1 saturated heterocycles. The van der Waals surface area contributed by atoms with Gasteiger partial charge in [-0.3, -0.25) is 14.9 Å². The third-order valence-electron chi connectivity index (χ3n) is 9.97. The lowest BCUT2D eigenvalue weighted by atomic mass is 9.46. The van der Waals surface area contributed by atoms with Gasteiger partial charge in [0.1, 0.15) is 6.10 Å². The summed E-state index contributed by atoms with van der Waals surface area (Å²) in [6.07, 6.45) is 4.44. The molecule has 0 radical (unpaired) electrons. The molecule has 222 valence electrons. The Morgan fingerprint density at radius 2 is 1.98 bits per heavy atom. The summed E-state index contributed by atoms with van der Waals surface area (Å²) >= 11 is 0. The minimum Gasteiger partial charge on any atom is -0.465 e. The predicted octanol–water partition coefficient (Wildman–Crippen LogP) is 3.94. The van der Waals surface area contributed by atoms with Crippen molar-refractivity contribution in [2.45, 2.75) is 64.6 Å². The summed E-state index contributed by atoms with van der Waals surface area (Å²) in [5, 5.41) is 32.7. The summed E-state index contributed by atoms with van der Waals surface area (Å²) in [5.74, 6) is -1.35. The summed E-state index contributed by atoms with van der Waals surface area (Å²) in [6.45, 7) is 8.47. The fourth-order valence-corrected chi connectivity index (χ4v) is 7.60. The molecule has 2 unspecified atom stereocenters. The van der Waals surface area contributed by atoms with E-state index in [0.29, 0.717) is 37.9 Å². The Morgan fingerprint density at radius 1 is 1.24 bits per heavy atom. The Balaban J connectivity index is 1.40. The maximum absolute atomic E-state index is 13.1. The summed E-state index contributed by atoms with van der Waals surface area (Å²) in [4.78, 5) is 36.8. The molecule has 4 aliphatic rings. The first-order chi connectivity index (χ1) is 19.5. The number of nitro groups is 1. The van der Waals surface area contributed by atoms with E-state index in [2.05, 4.69) is 13.5 Å². The van der Waals surface area contributed by atoms with E-state index in [0.717, 1.165) is 18.1 Å². The van der Waals surface area contributed by atoms with Gasteiger partial charge in [0, 0.05) is 11.5 Å². The van der Waals surface area contributed by atoms with Gasteiger partial charge in [-0.25, -0.2) is 4.79 Å². The van der Waals surface area contributed by atoms with Gasteiger partial charge in [-0.05, 0) is 67.9 Å². The topological polar surface area (TPSA) is 155 Å². The van der Waals surface area contributed by atoms with Crippen LogP contribution in [0.1, 0.15) is 57.9 Å². The number of allylic oxidation sites excluding steroid dienone is 1. The van der Waals surface area contributed by atoms with E-state index in [1.165, 1.54) is 18.2 Å².